The fourth-order valence-electron chi connectivity index (χ4n) is 3.93. The van der Waals surface area contributed by atoms with E-state index in [0.29, 0.717) is 27.7 Å². The Kier molecular flexibility index (Phi) is 5.16. The predicted octanol–water partition coefficient (Wildman–Crippen LogP) is 5.09. The number of nitrogens with zero attached hydrogens (tertiary/aromatic N) is 2. The predicted molar refractivity (Wildman–Crippen MR) is 115 cm³/mol. The molecule has 0 saturated carbocycles. The minimum Gasteiger partial charge on any atom is -0.496 e. The molecule has 3 heterocycles. The summed E-state index contributed by atoms with van der Waals surface area (Å²) in [5, 5.41) is 0.446. The van der Waals surface area contributed by atoms with E-state index in [1.54, 1.807) is 24.5 Å². The monoisotopic (exact) mass is 446 g/mol. The van der Waals surface area contributed by atoms with Crippen molar-refractivity contribution in [3.63, 3.8) is 0 Å². The molecular formula is C22H23ClN2O4S. The van der Waals surface area contributed by atoms with E-state index in [4.69, 9.17) is 25.5 Å². The molecule has 4 rings (SSSR count). The highest BCUT2D eigenvalue weighted by Gasteiger charge is 2.47. The maximum atomic E-state index is 13.1. The van der Waals surface area contributed by atoms with Crippen LogP contribution in [-0.4, -0.2) is 17.6 Å². The van der Waals surface area contributed by atoms with E-state index in [2.05, 4.69) is 4.99 Å². The molecule has 1 aliphatic rings. The van der Waals surface area contributed by atoms with Gasteiger partial charge in [-0.25, -0.2) is 0 Å². The maximum Gasteiger partial charge on any atom is 0.283 e. The second-order valence-corrected chi connectivity index (χ2v) is 9.53. The summed E-state index contributed by atoms with van der Waals surface area (Å²) in [6.45, 7) is 8.55. The van der Waals surface area contributed by atoms with Gasteiger partial charge < -0.3 is 18.5 Å². The van der Waals surface area contributed by atoms with E-state index in [-0.39, 0.29) is 0 Å². The number of benzene rings is 1. The van der Waals surface area contributed by atoms with Crippen molar-refractivity contribution >= 4 is 28.8 Å². The van der Waals surface area contributed by atoms with Crippen LogP contribution in [0, 0.1) is 0 Å². The van der Waals surface area contributed by atoms with E-state index >= 15 is 0 Å². The molecule has 30 heavy (non-hydrogen) atoms. The van der Waals surface area contributed by atoms with Crippen molar-refractivity contribution in [2.75, 3.05) is 7.11 Å². The first-order valence-corrected chi connectivity index (χ1v) is 10.7. The second kappa shape index (κ2) is 7.41. The molecule has 8 heteroatoms. The molecule has 158 valence electrons. The molecule has 2 aromatic heterocycles. The smallest absolute Gasteiger partial charge is 0.283 e. The zero-order chi connectivity index (χ0) is 21.7. The van der Waals surface area contributed by atoms with Gasteiger partial charge in [0.15, 0.2) is 4.80 Å². The van der Waals surface area contributed by atoms with Crippen molar-refractivity contribution in [1.82, 2.24) is 4.57 Å². The highest BCUT2D eigenvalue weighted by Crippen LogP contribution is 2.48. The summed E-state index contributed by atoms with van der Waals surface area (Å²) in [7, 11) is 1.51. The molecule has 1 aliphatic heterocycles. The van der Waals surface area contributed by atoms with Crippen molar-refractivity contribution in [2.24, 2.45) is 4.99 Å². The van der Waals surface area contributed by atoms with E-state index in [0.717, 1.165) is 16.3 Å². The Labute approximate surface area is 183 Å². The molecule has 3 aromatic rings. The number of rotatable bonds is 4. The summed E-state index contributed by atoms with van der Waals surface area (Å²) in [4.78, 5) is 19.2. The summed E-state index contributed by atoms with van der Waals surface area (Å²) in [6, 6.07) is 8.65. The first-order chi connectivity index (χ1) is 14.1. The fraction of sp³-hybridized carbons (Fsp3) is 0.364. The van der Waals surface area contributed by atoms with Crippen LogP contribution in [0.2, 0.25) is 5.02 Å². The first-order valence-electron chi connectivity index (χ1n) is 9.52. The number of carbonyl (C=O) groups excluding carboxylic acids is 1. The van der Waals surface area contributed by atoms with Gasteiger partial charge in [0.25, 0.3) is 5.91 Å². The van der Waals surface area contributed by atoms with Crippen molar-refractivity contribution < 1.29 is 18.7 Å². The quantitative estimate of drug-likeness (QED) is 0.559. The van der Waals surface area contributed by atoms with E-state index in [9.17, 15) is 4.79 Å². The average molecular weight is 447 g/mol. The number of furan rings is 1. The minimum absolute atomic E-state index is 0.317. The second-order valence-electron chi connectivity index (χ2n) is 8.11. The molecule has 0 atom stereocenters. The van der Waals surface area contributed by atoms with Gasteiger partial charge in [-0.3, -0.25) is 4.79 Å². The number of hydrogen-bond acceptors (Lipinski definition) is 5. The van der Waals surface area contributed by atoms with Crippen molar-refractivity contribution in [2.45, 2.75) is 45.4 Å². The average Bonchev–Trinajstić information content (AvgIpc) is 3.33. The lowest BCUT2D eigenvalue weighted by Gasteiger charge is -2.26. The van der Waals surface area contributed by atoms with Gasteiger partial charge in [-0.1, -0.05) is 22.9 Å². The molecule has 0 bridgehead atoms. The third-order valence-corrected chi connectivity index (χ3v) is 6.64. The number of aromatic nitrogens is 1. The van der Waals surface area contributed by atoms with Crippen molar-refractivity contribution in [1.29, 1.82) is 0 Å². The molecule has 1 aromatic carbocycles. The number of carbonyl (C=O) groups is 1. The number of halogens is 1. The van der Waals surface area contributed by atoms with Crippen LogP contribution >= 0.6 is 22.9 Å². The summed E-state index contributed by atoms with van der Waals surface area (Å²) in [5.41, 5.74) is 0.294. The maximum absolute atomic E-state index is 13.1. The largest absolute Gasteiger partial charge is 0.496 e. The van der Waals surface area contributed by atoms with Gasteiger partial charge in [0.2, 0.25) is 0 Å². The molecule has 0 saturated heterocycles. The summed E-state index contributed by atoms with van der Waals surface area (Å²) >= 11 is 7.56. The lowest BCUT2D eigenvalue weighted by Crippen LogP contribution is -2.29. The van der Waals surface area contributed by atoms with Gasteiger partial charge in [-0.05, 0) is 58.0 Å². The molecule has 0 fully saturated rings. The Bertz CT molecular complexity index is 1170. The molecule has 0 aliphatic carbocycles. The number of ether oxygens (including phenoxy) is 2. The first kappa shape index (κ1) is 20.9. The van der Waals surface area contributed by atoms with Gasteiger partial charge in [0.05, 0.1) is 41.7 Å². The van der Waals surface area contributed by atoms with Crippen LogP contribution < -0.4 is 9.54 Å². The lowest BCUT2D eigenvalue weighted by atomic mass is 10.0. The molecular weight excluding hydrogens is 424 g/mol. The lowest BCUT2D eigenvalue weighted by molar-refractivity contribution is -0.106. The Morgan fingerprint density at radius 3 is 2.67 bits per heavy atom. The number of amides is 1. The van der Waals surface area contributed by atoms with E-state index in [1.807, 2.05) is 44.4 Å². The van der Waals surface area contributed by atoms with Gasteiger partial charge in [0, 0.05) is 5.02 Å². The van der Waals surface area contributed by atoms with Crippen LogP contribution in [0.1, 0.15) is 54.4 Å². The highest BCUT2D eigenvalue weighted by molar-refractivity contribution is 7.09. The van der Waals surface area contributed by atoms with Gasteiger partial charge in [-0.15, -0.1) is 0 Å². The van der Waals surface area contributed by atoms with Crippen LogP contribution in [0.3, 0.4) is 0 Å². The van der Waals surface area contributed by atoms with Crippen LogP contribution in [-0.2, 0) is 22.5 Å². The number of fused-ring (bicyclic) bond motifs is 1. The molecule has 0 spiro atoms. The topological polar surface area (TPSA) is 66.0 Å². The standard InChI is InChI=1S/C22H23ClN2O4S/c1-21(2)17-18(22(3,4)29-21)30-20(25(17)12-14-7-6-10-28-14)24-19(26)15-11-13(23)8-9-16(15)27-5/h6-11H,12H2,1-5H3/b24-20-. The number of thiazole rings is 1. The van der Waals surface area contributed by atoms with Crippen molar-refractivity contribution in [3.8, 4) is 5.75 Å². The highest BCUT2D eigenvalue weighted by atomic mass is 35.5. The number of methoxy groups -OCH3 is 1. The SMILES string of the molecule is COc1ccc(Cl)cc1C(=O)/N=c1\sc2c(n1Cc1ccco1)C(C)(C)OC2(C)C. The zero-order valence-electron chi connectivity index (χ0n) is 17.5. The normalized spacial score (nSPS) is 17.2. The summed E-state index contributed by atoms with van der Waals surface area (Å²) < 4.78 is 19.2. The van der Waals surface area contributed by atoms with Gasteiger partial charge in [-0.2, -0.15) is 4.99 Å². The zero-order valence-corrected chi connectivity index (χ0v) is 19.1. The minimum atomic E-state index is -0.535. The molecule has 1 amide bonds. The third kappa shape index (κ3) is 3.62. The van der Waals surface area contributed by atoms with Gasteiger partial charge >= 0.3 is 0 Å². The third-order valence-electron chi connectivity index (χ3n) is 5.02. The fourth-order valence-corrected chi connectivity index (χ4v) is 5.42. The Hall–Kier alpha value is -2.35. The molecule has 6 nitrogen and oxygen atoms in total. The molecule has 0 N–H and O–H groups in total. The van der Waals surface area contributed by atoms with Crippen LogP contribution in [0.4, 0.5) is 0 Å². The van der Waals surface area contributed by atoms with Crippen molar-refractivity contribution in [3.05, 3.63) is 68.3 Å². The van der Waals surface area contributed by atoms with Crippen LogP contribution in [0.5, 0.6) is 5.75 Å². The van der Waals surface area contributed by atoms with E-state index < -0.39 is 17.1 Å². The van der Waals surface area contributed by atoms with Crippen LogP contribution in [0.15, 0.2) is 46.0 Å². The van der Waals surface area contributed by atoms with E-state index in [1.165, 1.54) is 18.4 Å². The molecule has 0 unspecified atom stereocenters. The Morgan fingerprint density at radius 1 is 1.23 bits per heavy atom. The molecule has 0 radical (unpaired) electrons. The summed E-state index contributed by atoms with van der Waals surface area (Å²) in [6.07, 6.45) is 1.63. The van der Waals surface area contributed by atoms with Gasteiger partial charge in [0.1, 0.15) is 17.1 Å². The van der Waals surface area contributed by atoms with Crippen LogP contribution in [0.25, 0.3) is 0 Å². The Morgan fingerprint density at radius 2 is 2.00 bits per heavy atom. The summed E-state index contributed by atoms with van der Waals surface area (Å²) in [5.74, 6) is 0.781. The Balaban J connectivity index is 1.90. The number of hydrogen-bond donors (Lipinski definition) is 0.